The molecule has 4 aromatic rings. The van der Waals surface area contributed by atoms with E-state index in [2.05, 4.69) is 5.32 Å². The zero-order chi connectivity index (χ0) is 21.9. The van der Waals surface area contributed by atoms with Gasteiger partial charge in [-0.3, -0.25) is 9.59 Å². The summed E-state index contributed by atoms with van der Waals surface area (Å²) in [4.78, 5) is 24.2. The van der Waals surface area contributed by atoms with Crippen LogP contribution in [0.3, 0.4) is 0 Å². The number of anilines is 1. The number of furan rings is 1. The van der Waals surface area contributed by atoms with Crippen molar-refractivity contribution in [2.75, 3.05) is 11.9 Å². The van der Waals surface area contributed by atoms with Gasteiger partial charge in [0.25, 0.3) is 11.5 Å². The number of hydrogen-bond donors (Lipinski definition) is 1. The summed E-state index contributed by atoms with van der Waals surface area (Å²) in [5, 5.41) is 3.93. The van der Waals surface area contributed by atoms with Crippen molar-refractivity contribution in [2.45, 2.75) is 32.2 Å². The third-order valence-electron chi connectivity index (χ3n) is 5.79. The highest BCUT2D eigenvalue weighted by Crippen LogP contribution is 2.33. The fraction of sp³-hybridized carbons (Fsp3) is 0.231. The average molecular weight is 428 g/mol. The van der Waals surface area contributed by atoms with Crippen LogP contribution in [0.25, 0.3) is 11.0 Å². The van der Waals surface area contributed by atoms with Crippen LogP contribution in [0.4, 0.5) is 5.69 Å². The van der Waals surface area contributed by atoms with Gasteiger partial charge in [-0.2, -0.15) is 0 Å². The summed E-state index contributed by atoms with van der Waals surface area (Å²) in [5.74, 6) is 1.51. The van der Waals surface area contributed by atoms with E-state index in [1.165, 1.54) is 24.5 Å². The number of pyridine rings is 1. The third-order valence-corrected chi connectivity index (χ3v) is 5.79. The first-order valence-electron chi connectivity index (χ1n) is 10.9. The fourth-order valence-corrected chi connectivity index (χ4v) is 4.16. The number of aromatic nitrogens is 1. The van der Waals surface area contributed by atoms with Crippen molar-refractivity contribution in [3.8, 4) is 5.75 Å². The van der Waals surface area contributed by atoms with Crippen LogP contribution in [0, 0.1) is 0 Å². The number of hydrogen-bond acceptors (Lipinski definition) is 4. The molecular formula is C26H24N2O4. The van der Waals surface area contributed by atoms with Crippen molar-refractivity contribution in [3.05, 3.63) is 94.1 Å². The Kier molecular flexibility index (Phi) is 5.50. The maximum Gasteiger partial charge on any atom is 0.262 e. The van der Waals surface area contributed by atoms with Crippen molar-refractivity contribution in [2.24, 2.45) is 0 Å². The lowest BCUT2D eigenvalue weighted by Gasteiger charge is -2.10. The molecular weight excluding hydrogens is 404 g/mol. The summed E-state index contributed by atoms with van der Waals surface area (Å²) in [5.41, 5.74) is 3.77. The Labute approximate surface area is 185 Å². The Morgan fingerprint density at radius 2 is 1.88 bits per heavy atom. The SMILES string of the molecule is O=C(COc1ccc2oc3c(c2c1)CCCC3)Nc1ccc(Cn2ccccc2=O)cc1. The first kappa shape index (κ1) is 20.1. The van der Waals surface area contributed by atoms with Gasteiger partial charge in [0.15, 0.2) is 6.61 Å². The molecule has 0 fully saturated rings. The van der Waals surface area contributed by atoms with Gasteiger partial charge in [0, 0.05) is 35.3 Å². The molecule has 2 aromatic carbocycles. The molecule has 5 rings (SSSR count). The minimum Gasteiger partial charge on any atom is -0.484 e. The number of nitrogens with one attached hydrogen (secondary N) is 1. The van der Waals surface area contributed by atoms with E-state index >= 15 is 0 Å². The molecule has 0 radical (unpaired) electrons. The predicted octanol–water partition coefficient (Wildman–Crippen LogP) is 4.54. The van der Waals surface area contributed by atoms with Crippen LogP contribution < -0.4 is 15.6 Å². The normalized spacial score (nSPS) is 13.0. The average Bonchev–Trinajstić information content (AvgIpc) is 3.18. The number of carbonyl (C=O) groups excluding carboxylic acids is 1. The van der Waals surface area contributed by atoms with Gasteiger partial charge in [0.2, 0.25) is 0 Å². The molecule has 1 N–H and O–H groups in total. The number of carbonyl (C=O) groups is 1. The van der Waals surface area contributed by atoms with Crippen LogP contribution in [0.1, 0.15) is 29.7 Å². The smallest absolute Gasteiger partial charge is 0.262 e. The highest BCUT2D eigenvalue weighted by Gasteiger charge is 2.18. The standard InChI is InChI=1S/C26H24N2O4/c29-25(27-19-10-8-18(9-11-19)16-28-14-4-3-7-26(28)30)17-31-20-12-13-24-22(15-20)21-5-1-2-6-23(21)32-24/h3-4,7-15H,1-2,5-6,16-17H2,(H,27,29). The molecule has 0 bridgehead atoms. The number of rotatable bonds is 6. The molecule has 0 unspecified atom stereocenters. The molecule has 0 saturated heterocycles. The molecule has 1 amide bonds. The molecule has 6 heteroatoms. The first-order chi connectivity index (χ1) is 15.7. The number of amides is 1. The van der Waals surface area contributed by atoms with E-state index in [0.29, 0.717) is 18.0 Å². The minimum absolute atomic E-state index is 0.0452. The Bertz CT molecular complexity index is 1320. The fourth-order valence-electron chi connectivity index (χ4n) is 4.16. The topological polar surface area (TPSA) is 73.5 Å². The summed E-state index contributed by atoms with van der Waals surface area (Å²) in [6, 6.07) is 18.2. The molecule has 1 aliphatic rings. The van der Waals surface area contributed by atoms with Crippen molar-refractivity contribution < 1.29 is 13.9 Å². The third kappa shape index (κ3) is 4.30. The molecule has 2 heterocycles. The number of fused-ring (bicyclic) bond motifs is 3. The monoisotopic (exact) mass is 428 g/mol. The summed E-state index contributed by atoms with van der Waals surface area (Å²) >= 11 is 0. The first-order valence-corrected chi connectivity index (χ1v) is 10.9. The second-order valence-corrected chi connectivity index (χ2v) is 8.07. The second kappa shape index (κ2) is 8.75. The lowest BCUT2D eigenvalue weighted by molar-refractivity contribution is -0.118. The summed E-state index contributed by atoms with van der Waals surface area (Å²) < 4.78 is 13.3. The van der Waals surface area contributed by atoms with Gasteiger partial charge in [0.05, 0.1) is 6.54 Å². The molecule has 6 nitrogen and oxygen atoms in total. The van der Waals surface area contributed by atoms with Gasteiger partial charge in [-0.05, 0) is 61.2 Å². The van der Waals surface area contributed by atoms with Crippen molar-refractivity contribution >= 4 is 22.6 Å². The second-order valence-electron chi connectivity index (χ2n) is 8.07. The zero-order valence-corrected chi connectivity index (χ0v) is 17.7. The molecule has 1 aliphatic carbocycles. The van der Waals surface area contributed by atoms with E-state index < -0.39 is 0 Å². The van der Waals surface area contributed by atoms with Gasteiger partial charge in [-0.15, -0.1) is 0 Å². The van der Waals surface area contributed by atoms with Crippen LogP contribution in [0.5, 0.6) is 5.75 Å². The zero-order valence-electron chi connectivity index (χ0n) is 17.7. The minimum atomic E-state index is -0.230. The van der Waals surface area contributed by atoms with Gasteiger partial charge in [-0.1, -0.05) is 18.2 Å². The highest BCUT2D eigenvalue weighted by atomic mass is 16.5. The maximum absolute atomic E-state index is 12.4. The molecule has 2 aromatic heterocycles. The molecule has 0 saturated carbocycles. The van der Waals surface area contributed by atoms with Gasteiger partial charge < -0.3 is 19.0 Å². The number of benzene rings is 2. The van der Waals surface area contributed by atoms with E-state index in [9.17, 15) is 9.59 Å². The summed E-state index contributed by atoms with van der Waals surface area (Å²) in [6.45, 7) is 0.407. The van der Waals surface area contributed by atoms with Gasteiger partial charge >= 0.3 is 0 Å². The van der Waals surface area contributed by atoms with Crippen LogP contribution in [-0.4, -0.2) is 17.1 Å². The predicted molar refractivity (Wildman–Crippen MR) is 123 cm³/mol. The molecule has 0 spiro atoms. The van der Waals surface area contributed by atoms with E-state index in [4.69, 9.17) is 9.15 Å². The Balaban J connectivity index is 1.19. The van der Waals surface area contributed by atoms with Gasteiger partial charge in [0.1, 0.15) is 17.1 Å². The van der Waals surface area contributed by atoms with Crippen LogP contribution in [0.15, 0.2) is 76.1 Å². The van der Waals surface area contributed by atoms with E-state index in [1.54, 1.807) is 16.8 Å². The van der Waals surface area contributed by atoms with E-state index in [-0.39, 0.29) is 18.1 Å². The summed E-state index contributed by atoms with van der Waals surface area (Å²) in [6.07, 6.45) is 6.12. The molecule has 0 aliphatic heterocycles. The van der Waals surface area contributed by atoms with Crippen molar-refractivity contribution in [3.63, 3.8) is 0 Å². The van der Waals surface area contributed by atoms with Crippen LogP contribution >= 0.6 is 0 Å². The lowest BCUT2D eigenvalue weighted by atomic mass is 9.96. The van der Waals surface area contributed by atoms with E-state index in [0.717, 1.165) is 35.1 Å². The molecule has 32 heavy (non-hydrogen) atoms. The highest BCUT2D eigenvalue weighted by molar-refractivity contribution is 5.92. The number of nitrogens with zero attached hydrogens (tertiary/aromatic N) is 1. The molecule has 162 valence electrons. The maximum atomic E-state index is 12.4. The van der Waals surface area contributed by atoms with E-state index in [1.807, 2.05) is 48.5 Å². The van der Waals surface area contributed by atoms with Crippen molar-refractivity contribution in [1.29, 1.82) is 0 Å². The largest absolute Gasteiger partial charge is 0.484 e. The molecule has 0 atom stereocenters. The summed E-state index contributed by atoms with van der Waals surface area (Å²) in [7, 11) is 0. The van der Waals surface area contributed by atoms with Crippen LogP contribution in [0.2, 0.25) is 0 Å². The Morgan fingerprint density at radius 3 is 2.72 bits per heavy atom. The van der Waals surface area contributed by atoms with Crippen molar-refractivity contribution in [1.82, 2.24) is 4.57 Å². The number of aryl methyl sites for hydroxylation is 2. The van der Waals surface area contributed by atoms with Crippen LogP contribution in [-0.2, 0) is 24.2 Å². The quantitative estimate of drug-likeness (QED) is 0.489. The van der Waals surface area contributed by atoms with Gasteiger partial charge in [-0.25, -0.2) is 0 Å². The lowest BCUT2D eigenvalue weighted by Crippen LogP contribution is -2.20. The number of ether oxygens (including phenoxy) is 1. The Hall–Kier alpha value is -3.80. The Morgan fingerprint density at radius 1 is 1.03 bits per heavy atom.